The molecule has 2 nitrogen and oxygen atoms in total. The Kier molecular flexibility index (Phi) is 3.00. The molecule has 0 aliphatic carbocycles. The predicted octanol–water partition coefficient (Wildman–Crippen LogP) is 1.87. The maximum Gasteiger partial charge on any atom is 0.176 e. The van der Waals surface area contributed by atoms with Crippen LogP contribution in [-0.4, -0.2) is 9.55 Å². The Bertz CT molecular complexity index is 156. The van der Waals surface area contributed by atoms with Gasteiger partial charge in [-0.05, 0) is 6.42 Å². The van der Waals surface area contributed by atoms with Gasteiger partial charge in [0.05, 0.1) is 0 Å². The van der Waals surface area contributed by atoms with E-state index >= 15 is 0 Å². The number of imidazole rings is 1. The van der Waals surface area contributed by atoms with Crippen molar-refractivity contribution in [3.63, 3.8) is 0 Å². The summed E-state index contributed by atoms with van der Waals surface area (Å²) >= 11 is 0. The molecule has 0 bridgehead atoms. The van der Waals surface area contributed by atoms with Gasteiger partial charge in [0.15, 0.2) is 6.33 Å². The summed E-state index contributed by atoms with van der Waals surface area (Å²) < 4.78 is 2.00. The minimum absolute atomic E-state index is 1.06. The van der Waals surface area contributed by atoms with Gasteiger partial charge in [-0.1, -0.05) is 19.8 Å². The first kappa shape index (κ1) is 7.32. The Morgan fingerprint density at radius 1 is 1.50 bits per heavy atom. The van der Waals surface area contributed by atoms with E-state index in [0.29, 0.717) is 0 Å². The second-order valence-electron chi connectivity index (χ2n) is 2.43. The Hall–Kier alpha value is -0.790. The van der Waals surface area contributed by atoms with E-state index in [0.717, 1.165) is 6.54 Å². The molecular formula is C8H13N2. The third-order valence-electron chi connectivity index (χ3n) is 1.51. The molecule has 1 radical (unpaired) electrons. The standard InChI is InChI=1S/C8H13N2/c1-2-3-4-6-10-7-5-9-8-10/h5,7H,2-4,6H2,1H3. The largest absolute Gasteiger partial charge is 0.328 e. The van der Waals surface area contributed by atoms with Gasteiger partial charge in [-0.2, -0.15) is 0 Å². The van der Waals surface area contributed by atoms with Crippen LogP contribution in [0.5, 0.6) is 0 Å². The summed E-state index contributed by atoms with van der Waals surface area (Å²) in [5, 5.41) is 0. The Morgan fingerprint density at radius 2 is 2.40 bits per heavy atom. The van der Waals surface area contributed by atoms with E-state index in [9.17, 15) is 0 Å². The van der Waals surface area contributed by atoms with Crippen molar-refractivity contribution >= 4 is 0 Å². The Balaban J connectivity index is 2.15. The van der Waals surface area contributed by atoms with Gasteiger partial charge in [0.25, 0.3) is 0 Å². The lowest BCUT2D eigenvalue weighted by Crippen LogP contribution is -1.93. The van der Waals surface area contributed by atoms with Crippen molar-refractivity contribution in [3.8, 4) is 0 Å². The molecule has 0 aliphatic heterocycles. The molecule has 10 heavy (non-hydrogen) atoms. The first-order valence-electron chi connectivity index (χ1n) is 3.82. The van der Waals surface area contributed by atoms with E-state index in [1.165, 1.54) is 19.3 Å². The van der Waals surface area contributed by atoms with Crippen LogP contribution in [0.25, 0.3) is 0 Å². The topological polar surface area (TPSA) is 17.8 Å². The lowest BCUT2D eigenvalue weighted by molar-refractivity contribution is 0.599. The van der Waals surface area contributed by atoms with Crippen molar-refractivity contribution in [3.05, 3.63) is 18.7 Å². The van der Waals surface area contributed by atoms with E-state index < -0.39 is 0 Å². The van der Waals surface area contributed by atoms with Crippen LogP contribution in [0.3, 0.4) is 0 Å². The van der Waals surface area contributed by atoms with Crippen molar-refractivity contribution in [2.75, 3.05) is 0 Å². The molecule has 0 saturated carbocycles. The van der Waals surface area contributed by atoms with Gasteiger partial charge in [-0.3, -0.25) is 0 Å². The third kappa shape index (κ3) is 2.21. The number of aromatic nitrogens is 2. The highest BCUT2D eigenvalue weighted by molar-refractivity contribution is 4.71. The van der Waals surface area contributed by atoms with Gasteiger partial charge < -0.3 is 4.57 Å². The first-order valence-corrected chi connectivity index (χ1v) is 3.82. The van der Waals surface area contributed by atoms with Crippen LogP contribution in [0, 0.1) is 6.33 Å². The number of nitrogens with zero attached hydrogens (tertiary/aromatic N) is 2. The molecule has 0 N–H and O–H groups in total. The van der Waals surface area contributed by atoms with Gasteiger partial charge in [0.1, 0.15) is 0 Å². The fraction of sp³-hybridized carbons (Fsp3) is 0.625. The summed E-state index contributed by atoms with van der Waals surface area (Å²) in [5.41, 5.74) is 0. The van der Waals surface area contributed by atoms with Gasteiger partial charge in [0, 0.05) is 18.9 Å². The fourth-order valence-electron chi connectivity index (χ4n) is 0.911. The molecule has 0 unspecified atom stereocenters. The van der Waals surface area contributed by atoms with Crippen molar-refractivity contribution in [2.45, 2.75) is 32.7 Å². The summed E-state index contributed by atoms with van der Waals surface area (Å²) in [6.07, 6.45) is 10.4. The van der Waals surface area contributed by atoms with E-state index in [1.807, 2.05) is 10.8 Å². The third-order valence-corrected chi connectivity index (χ3v) is 1.51. The molecular weight excluding hydrogens is 124 g/mol. The van der Waals surface area contributed by atoms with E-state index in [2.05, 4.69) is 18.2 Å². The smallest absolute Gasteiger partial charge is 0.176 e. The normalized spacial score (nSPS) is 10.1. The second kappa shape index (κ2) is 4.09. The Morgan fingerprint density at radius 3 is 3.00 bits per heavy atom. The molecule has 1 heterocycles. The average Bonchev–Trinajstić information content (AvgIpc) is 2.41. The molecule has 0 aliphatic rings. The fourth-order valence-corrected chi connectivity index (χ4v) is 0.911. The molecule has 0 atom stereocenters. The van der Waals surface area contributed by atoms with E-state index in [1.54, 1.807) is 6.20 Å². The van der Waals surface area contributed by atoms with Crippen LogP contribution in [-0.2, 0) is 6.54 Å². The van der Waals surface area contributed by atoms with Gasteiger partial charge >= 0.3 is 0 Å². The summed E-state index contributed by atoms with van der Waals surface area (Å²) in [5.74, 6) is 0. The molecule has 1 aromatic heterocycles. The van der Waals surface area contributed by atoms with Crippen molar-refractivity contribution < 1.29 is 0 Å². The number of hydrogen-bond acceptors (Lipinski definition) is 1. The number of hydrogen-bond donors (Lipinski definition) is 0. The maximum atomic E-state index is 3.84. The van der Waals surface area contributed by atoms with Crippen molar-refractivity contribution in [2.24, 2.45) is 0 Å². The van der Waals surface area contributed by atoms with Crippen LogP contribution in [0.4, 0.5) is 0 Å². The molecule has 0 saturated heterocycles. The number of aryl methyl sites for hydroxylation is 1. The summed E-state index contributed by atoms with van der Waals surface area (Å²) in [4.78, 5) is 3.84. The quantitative estimate of drug-likeness (QED) is 0.579. The highest BCUT2D eigenvalue weighted by Gasteiger charge is 1.88. The van der Waals surface area contributed by atoms with Crippen LogP contribution in [0.2, 0.25) is 0 Å². The highest BCUT2D eigenvalue weighted by Crippen LogP contribution is 1.96. The Labute approximate surface area is 61.9 Å². The van der Waals surface area contributed by atoms with Gasteiger partial charge in [-0.15, -0.1) is 0 Å². The monoisotopic (exact) mass is 137 g/mol. The van der Waals surface area contributed by atoms with Crippen LogP contribution in [0.15, 0.2) is 12.4 Å². The zero-order chi connectivity index (χ0) is 7.23. The highest BCUT2D eigenvalue weighted by atomic mass is 15.0. The zero-order valence-corrected chi connectivity index (χ0v) is 6.38. The molecule has 0 fully saturated rings. The molecule has 55 valence electrons. The minimum Gasteiger partial charge on any atom is -0.328 e. The van der Waals surface area contributed by atoms with E-state index in [-0.39, 0.29) is 0 Å². The first-order chi connectivity index (χ1) is 4.93. The average molecular weight is 137 g/mol. The van der Waals surface area contributed by atoms with Crippen LogP contribution in [0.1, 0.15) is 26.2 Å². The van der Waals surface area contributed by atoms with Crippen molar-refractivity contribution in [1.29, 1.82) is 0 Å². The SMILES string of the molecule is CCCCCn1[c]ncc1. The van der Waals surface area contributed by atoms with Crippen molar-refractivity contribution in [1.82, 2.24) is 9.55 Å². The summed E-state index contributed by atoms with van der Waals surface area (Å²) in [6.45, 7) is 3.27. The number of rotatable bonds is 4. The number of unbranched alkanes of at least 4 members (excludes halogenated alkanes) is 2. The molecule has 0 aromatic carbocycles. The molecule has 0 spiro atoms. The van der Waals surface area contributed by atoms with Crippen LogP contribution < -0.4 is 0 Å². The molecule has 2 heteroatoms. The second-order valence-corrected chi connectivity index (χ2v) is 2.43. The lowest BCUT2D eigenvalue weighted by Gasteiger charge is -1.97. The van der Waals surface area contributed by atoms with Crippen LogP contribution >= 0.6 is 0 Å². The zero-order valence-electron chi connectivity index (χ0n) is 6.38. The molecule has 0 amide bonds. The minimum atomic E-state index is 1.06. The lowest BCUT2D eigenvalue weighted by atomic mass is 10.2. The van der Waals surface area contributed by atoms with Gasteiger partial charge in [-0.25, -0.2) is 4.98 Å². The maximum absolute atomic E-state index is 3.84. The van der Waals surface area contributed by atoms with Gasteiger partial charge in [0.2, 0.25) is 0 Å². The van der Waals surface area contributed by atoms with E-state index in [4.69, 9.17) is 0 Å². The molecule has 1 rings (SSSR count). The summed E-state index contributed by atoms with van der Waals surface area (Å²) in [7, 11) is 0. The molecule has 1 aromatic rings. The predicted molar refractivity (Wildman–Crippen MR) is 40.6 cm³/mol. The summed E-state index contributed by atoms with van der Waals surface area (Å²) in [6, 6.07) is 0.